The maximum atomic E-state index is 13.9. The first-order valence-corrected chi connectivity index (χ1v) is 10.7. The van der Waals surface area contributed by atoms with Crippen molar-refractivity contribution in [2.24, 2.45) is 0 Å². The van der Waals surface area contributed by atoms with Crippen LogP contribution < -0.4 is 0 Å². The minimum Gasteiger partial charge on any atom is -0.296 e. The number of pyridine rings is 1. The van der Waals surface area contributed by atoms with Gasteiger partial charge in [0.2, 0.25) is 10.0 Å². The number of sulfonamides is 1. The highest BCUT2D eigenvalue weighted by atomic mass is 32.2. The van der Waals surface area contributed by atoms with Crippen molar-refractivity contribution < 1.29 is 12.8 Å². The fourth-order valence-electron chi connectivity index (χ4n) is 3.59. The van der Waals surface area contributed by atoms with Crippen molar-refractivity contribution in [3.05, 3.63) is 71.7 Å². The largest absolute Gasteiger partial charge is 0.296 e. The Morgan fingerprint density at radius 2 is 1.79 bits per heavy atom. The lowest BCUT2D eigenvalue weighted by atomic mass is 10.2. The van der Waals surface area contributed by atoms with Crippen molar-refractivity contribution >= 4 is 20.9 Å². The molecule has 0 saturated carbocycles. The number of nitrogens with zero attached hydrogens (tertiary/aromatic N) is 3. The molecule has 0 aliphatic carbocycles. The van der Waals surface area contributed by atoms with Crippen LogP contribution in [0.3, 0.4) is 0 Å². The Morgan fingerprint density at radius 3 is 2.54 bits per heavy atom. The maximum Gasteiger partial charge on any atom is 0.245 e. The van der Waals surface area contributed by atoms with Crippen LogP contribution in [-0.4, -0.2) is 48.8 Å². The van der Waals surface area contributed by atoms with E-state index in [1.54, 1.807) is 30.5 Å². The van der Waals surface area contributed by atoms with Crippen LogP contribution in [0.2, 0.25) is 0 Å². The minimum absolute atomic E-state index is 0.227. The maximum absolute atomic E-state index is 13.9. The van der Waals surface area contributed by atoms with Crippen LogP contribution in [0.25, 0.3) is 10.9 Å². The Labute approximate surface area is 164 Å². The van der Waals surface area contributed by atoms with E-state index in [-0.39, 0.29) is 10.7 Å². The quantitative estimate of drug-likeness (QED) is 0.676. The molecule has 2 heterocycles. The summed E-state index contributed by atoms with van der Waals surface area (Å²) in [5.74, 6) is -0.227. The molecule has 0 radical (unpaired) electrons. The molecule has 0 spiro atoms. The zero-order valence-electron chi connectivity index (χ0n) is 15.7. The van der Waals surface area contributed by atoms with Gasteiger partial charge < -0.3 is 0 Å². The van der Waals surface area contributed by atoms with Gasteiger partial charge in [-0.25, -0.2) is 12.8 Å². The molecule has 5 nitrogen and oxygen atoms in total. The number of benzene rings is 2. The highest BCUT2D eigenvalue weighted by molar-refractivity contribution is 7.89. The van der Waals surface area contributed by atoms with Crippen molar-refractivity contribution in [2.45, 2.75) is 18.4 Å². The number of para-hydroxylation sites is 1. The van der Waals surface area contributed by atoms with Gasteiger partial charge in [0.05, 0.1) is 5.52 Å². The van der Waals surface area contributed by atoms with Crippen LogP contribution in [0.5, 0.6) is 0 Å². The normalized spacial score (nSPS) is 16.5. The first-order chi connectivity index (χ1) is 13.4. The third kappa shape index (κ3) is 3.65. The minimum atomic E-state index is -3.64. The second kappa shape index (κ2) is 7.58. The first-order valence-electron chi connectivity index (χ1n) is 9.26. The van der Waals surface area contributed by atoms with E-state index in [1.807, 2.05) is 25.1 Å². The molecule has 0 atom stereocenters. The van der Waals surface area contributed by atoms with Gasteiger partial charge in [-0.15, -0.1) is 0 Å². The van der Waals surface area contributed by atoms with Gasteiger partial charge >= 0.3 is 0 Å². The molecule has 1 aliphatic rings. The molecule has 3 aromatic rings. The molecule has 7 heteroatoms. The SMILES string of the molecule is Cc1cnc2c(S(=O)(=O)N3CCN(Cc4ccccc4F)CC3)cccc2c1. The van der Waals surface area contributed by atoms with Gasteiger partial charge in [-0.3, -0.25) is 9.88 Å². The van der Waals surface area contributed by atoms with Gasteiger partial charge in [-0.1, -0.05) is 30.3 Å². The van der Waals surface area contributed by atoms with Crippen molar-refractivity contribution in [1.82, 2.24) is 14.2 Å². The molecule has 1 saturated heterocycles. The van der Waals surface area contributed by atoms with Crippen LogP contribution >= 0.6 is 0 Å². The van der Waals surface area contributed by atoms with Crippen LogP contribution in [0.15, 0.2) is 59.6 Å². The Balaban J connectivity index is 1.52. The smallest absolute Gasteiger partial charge is 0.245 e. The lowest BCUT2D eigenvalue weighted by Crippen LogP contribution is -2.48. The average Bonchev–Trinajstić information content (AvgIpc) is 2.69. The Morgan fingerprint density at radius 1 is 1.04 bits per heavy atom. The molecular formula is C21H22FN3O2S. The Bertz CT molecular complexity index is 1110. The van der Waals surface area contributed by atoms with Gasteiger partial charge in [0.1, 0.15) is 10.7 Å². The average molecular weight is 399 g/mol. The zero-order valence-corrected chi connectivity index (χ0v) is 16.5. The number of aryl methyl sites for hydroxylation is 1. The number of hydrogen-bond acceptors (Lipinski definition) is 4. The number of aromatic nitrogens is 1. The van der Waals surface area contributed by atoms with Crippen molar-refractivity contribution in [2.75, 3.05) is 26.2 Å². The number of piperazine rings is 1. The summed E-state index contributed by atoms with van der Waals surface area (Å²) in [5, 5.41) is 0.819. The number of fused-ring (bicyclic) bond motifs is 1. The monoisotopic (exact) mass is 399 g/mol. The van der Waals surface area contributed by atoms with E-state index in [1.165, 1.54) is 10.4 Å². The van der Waals surface area contributed by atoms with Gasteiger partial charge in [0.15, 0.2) is 0 Å². The Kier molecular flexibility index (Phi) is 5.14. The number of hydrogen-bond donors (Lipinski definition) is 0. The molecule has 0 N–H and O–H groups in total. The summed E-state index contributed by atoms with van der Waals surface area (Å²) in [6.07, 6.45) is 1.69. The van der Waals surface area contributed by atoms with E-state index in [0.717, 1.165) is 10.9 Å². The molecule has 28 heavy (non-hydrogen) atoms. The zero-order chi connectivity index (χ0) is 19.7. The lowest BCUT2D eigenvalue weighted by Gasteiger charge is -2.34. The van der Waals surface area contributed by atoms with E-state index in [2.05, 4.69) is 9.88 Å². The number of rotatable bonds is 4. The van der Waals surface area contributed by atoms with Gasteiger partial charge in [-0.05, 0) is 30.7 Å². The van der Waals surface area contributed by atoms with Crippen molar-refractivity contribution in [1.29, 1.82) is 0 Å². The summed E-state index contributed by atoms with van der Waals surface area (Å²) >= 11 is 0. The summed E-state index contributed by atoms with van der Waals surface area (Å²) in [6.45, 7) is 4.28. The molecule has 1 aromatic heterocycles. The molecule has 0 amide bonds. The van der Waals surface area contributed by atoms with E-state index in [4.69, 9.17) is 0 Å². The fourth-order valence-corrected chi connectivity index (χ4v) is 5.17. The van der Waals surface area contributed by atoms with Crippen molar-refractivity contribution in [3.8, 4) is 0 Å². The summed E-state index contributed by atoms with van der Waals surface area (Å²) in [5.41, 5.74) is 2.12. The third-order valence-corrected chi connectivity index (χ3v) is 7.04. The lowest BCUT2D eigenvalue weighted by molar-refractivity contribution is 0.180. The summed E-state index contributed by atoms with van der Waals surface area (Å²) in [6, 6.07) is 13.9. The third-order valence-electron chi connectivity index (χ3n) is 5.11. The highest BCUT2D eigenvalue weighted by Gasteiger charge is 2.30. The highest BCUT2D eigenvalue weighted by Crippen LogP contribution is 2.26. The van der Waals surface area contributed by atoms with E-state index >= 15 is 0 Å². The molecular weight excluding hydrogens is 377 g/mol. The molecule has 1 aliphatic heterocycles. The topological polar surface area (TPSA) is 53.5 Å². The van der Waals surface area contributed by atoms with Gasteiger partial charge in [0, 0.05) is 49.9 Å². The van der Waals surface area contributed by atoms with Crippen LogP contribution in [0.1, 0.15) is 11.1 Å². The second-order valence-corrected chi connectivity index (χ2v) is 9.02. The standard InChI is InChI=1S/C21H22FN3O2S/c1-16-13-17-6-4-8-20(21(17)23-14-16)28(26,27)25-11-9-24(10-12-25)15-18-5-2-3-7-19(18)22/h2-8,13-14H,9-12,15H2,1H3. The van der Waals surface area contributed by atoms with Crippen LogP contribution in [0, 0.1) is 12.7 Å². The van der Waals surface area contributed by atoms with E-state index in [9.17, 15) is 12.8 Å². The molecule has 0 bridgehead atoms. The number of halogens is 1. The molecule has 146 valence electrons. The van der Waals surface area contributed by atoms with Crippen LogP contribution in [-0.2, 0) is 16.6 Å². The molecule has 0 unspecified atom stereocenters. The van der Waals surface area contributed by atoms with Crippen LogP contribution in [0.4, 0.5) is 4.39 Å². The first kappa shape index (κ1) is 19.0. The summed E-state index contributed by atoms with van der Waals surface area (Å²) < 4.78 is 41.8. The van der Waals surface area contributed by atoms with E-state index in [0.29, 0.717) is 43.8 Å². The Hall–Kier alpha value is -2.35. The van der Waals surface area contributed by atoms with E-state index < -0.39 is 10.0 Å². The molecule has 2 aromatic carbocycles. The van der Waals surface area contributed by atoms with Gasteiger partial charge in [-0.2, -0.15) is 4.31 Å². The van der Waals surface area contributed by atoms with Gasteiger partial charge in [0.25, 0.3) is 0 Å². The van der Waals surface area contributed by atoms with Crippen molar-refractivity contribution in [3.63, 3.8) is 0 Å². The fraction of sp³-hybridized carbons (Fsp3) is 0.286. The summed E-state index contributed by atoms with van der Waals surface area (Å²) in [7, 11) is -3.64. The molecule has 1 fully saturated rings. The predicted molar refractivity (Wildman–Crippen MR) is 107 cm³/mol. The molecule has 4 rings (SSSR count). The summed E-state index contributed by atoms with van der Waals surface area (Å²) in [4.78, 5) is 6.69. The predicted octanol–water partition coefficient (Wildman–Crippen LogP) is 3.19. The second-order valence-electron chi connectivity index (χ2n) is 7.11.